The van der Waals surface area contributed by atoms with E-state index in [1.54, 1.807) is 6.07 Å². The molecule has 2 aromatic rings. The number of furan rings is 1. The number of amides is 1. The van der Waals surface area contributed by atoms with Gasteiger partial charge in [-0.3, -0.25) is 4.79 Å². The molecule has 0 fully saturated rings. The third-order valence-electron chi connectivity index (χ3n) is 2.41. The van der Waals surface area contributed by atoms with E-state index < -0.39 is 0 Å². The highest BCUT2D eigenvalue weighted by molar-refractivity contribution is 6.33. The number of hydrogen-bond acceptors (Lipinski definition) is 2. The fourth-order valence-electron chi connectivity index (χ4n) is 1.67. The summed E-state index contributed by atoms with van der Waals surface area (Å²) in [4.78, 5) is 10.9. The lowest BCUT2D eigenvalue weighted by atomic mass is 9.95. The molecule has 80 valence electrons. The summed E-state index contributed by atoms with van der Waals surface area (Å²) in [5.74, 6) is 0.656. The van der Waals surface area contributed by atoms with Crippen LogP contribution >= 0.6 is 0 Å². The second-order valence-electron chi connectivity index (χ2n) is 3.87. The Morgan fingerprint density at radius 3 is 2.88 bits per heavy atom. The van der Waals surface area contributed by atoms with Crippen LogP contribution in [0.25, 0.3) is 11.0 Å². The van der Waals surface area contributed by atoms with Gasteiger partial charge in [-0.1, -0.05) is 17.6 Å². The number of benzene rings is 1. The average Bonchev–Trinajstić information content (AvgIpc) is 2.59. The van der Waals surface area contributed by atoms with E-state index in [4.69, 9.17) is 12.3 Å². The Bertz CT molecular complexity index is 533. The summed E-state index contributed by atoms with van der Waals surface area (Å²) in [5, 5.41) is 3.72. The molecular formula is C12H12BNO2. The highest BCUT2D eigenvalue weighted by atomic mass is 16.3. The SMILES string of the molecule is [B]c1ccc2oc(C(C)NC(C)=O)cc2c1. The fourth-order valence-corrected chi connectivity index (χ4v) is 1.67. The predicted molar refractivity (Wildman–Crippen MR) is 63.8 cm³/mol. The molecule has 1 heterocycles. The quantitative estimate of drug-likeness (QED) is 0.766. The molecule has 2 rings (SSSR count). The first-order chi connectivity index (χ1) is 7.56. The predicted octanol–water partition coefficient (Wildman–Crippen LogP) is 1.42. The molecule has 1 unspecified atom stereocenters. The third kappa shape index (κ3) is 2.11. The van der Waals surface area contributed by atoms with E-state index in [-0.39, 0.29) is 11.9 Å². The molecule has 0 saturated carbocycles. The fraction of sp³-hybridized carbons (Fsp3) is 0.250. The summed E-state index contributed by atoms with van der Waals surface area (Å²) in [6.45, 7) is 3.36. The summed E-state index contributed by atoms with van der Waals surface area (Å²) in [6.07, 6.45) is 0. The van der Waals surface area contributed by atoms with Gasteiger partial charge in [-0.05, 0) is 19.1 Å². The highest BCUT2D eigenvalue weighted by Gasteiger charge is 2.11. The van der Waals surface area contributed by atoms with Crippen molar-refractivity contribution in [1.29, 1.82) is 0 Å². The topological polar surface area (TPSA) is 42.2 Å². The standard InChI is InChI=1S/C12H12BNO2/c1-7(14-8(2)15)12-6-9-5-10(13)3-4-11(9)16-12/h3-7H,1-2H3,(H,14,15). The Morgan fingerprint density at radius 1 is 1.44 bits per heavy atom. The van der Waals surface area contributed by atoms with E-state index in [2.05, 4.69) is 5.32 Å². The lowest BCUT2D eigenvalue weighted by Crippen LogP contribution is -2.23. The van der Waals surface area contributed by atoms with Gasteiger partial charge in [-0.25, -0.2) is 0 Å². The molecule has 0 saturated heterocycles. The molecule has 1 amide bonds. The van der Waals surface area contributed by atoms with Crippen LogP contribution in [-0.4, -0.2) is 13.8 Å². The normalized spacial score (nSPS) is 12.6. The van der Waals surface area contributed by atoms with Gasteiger partial charge < -0.3 is 9.73 Å². The van der Waals surface area contributed by atoms with Crippen LogP contribution in [0.5, 0.6) is 0 Å². The maximum Gasteiger partial charge on any atom is 0.217 e. The van der Waals surface area contributed by atoms with Gasteiger partial charge in [0.2, 0.25) is 5.91 Å². The molecule has 1 aromatic carbocycles. The first-order valence-corrected chi connectivity index (χ1v) is 5.12. The van der Waals surface area contributed by atoms with E-state index in [1.807, 2.05) is 25.1 Å². The van der Waals surface area contributed by atoms with Crippen molar-refractivity contribution in [3.8, 4) is 0 Å². The van der Waals surface area contributed by atoms with Crippen LogP contribution in [0.3, 0.4) is 0 Å². The first kappa shape index (κ1) is 10.8. The van der Waals surface area contributed by atoms with E-state index in [0.29, 0.717) is 5.46 Å². The molecule has 16 heavy (non-hydrogen) atoms. The molecule has 3 nitrogen and oxygen atoms in total. The monoisotopic (exact) mass is 213 g/mol. The summed E-state index contributed by atoms with van der Waals surface area (Å²) in [7, 11) is 5.68. The number of fused-ring (bicyclic) bond motifs is 1. The van der Waals surface area contributed by atoms with Gasteiger partial charge in [0.15, 0.2) is 0 Å². The number of carbonyl (C=O) groups excluding carboxylic acids is 1. The highest BCUT2D eigenvalue weighted by Crippen LogP contribution is 2.22. The molecule has 0 aliphatic rings. The number of carbonyl (C=O) groups is 1. The minimum Gasteiger partial charge on any atom is -0.459 e. The van der Waals surface area contributed by atoms with Crippen LogP contribution in [0.15, 0.2) is 28.7 Å². The molecule has 1 atom stereocenters. The van der Waals surface area contributed by atoms with Crippen molar-refractivity contribution in [2.45, 2.75) is 19.9 Å². The smallest absolute Gasteiger partial charge is 0.217 e. The zero-order chi connectivity index (χ0) is 11.7. The van der Waals surface area contributed by atoms with Crippen LogP contribution in [-0.2, 0) is 4.79 Å². The van der Waals surface area contributed by atoms with E-state index in [1.165, 1.54) is 6.92 Å². The number of nitrogens with one attached hydrogen (secondary N) is 1. The Kier molecular flexibility index (Phi) is 2.73. The zero-order valence-electron chi connectivity index (χ0n) is 9.28. The van der Waals surface area contributed by atoms with Crippen molar-refractivity contribution in [1.82, 2.24) is 5.32 Å². The second kappa shape index (κ2) is 4.04. The summed E-state index contributed by atoms with van der Waals surface area (Å²) < 4.78 is 5.62. The average molecular weight is 213 g/mol. The molecule has 1 aromatic heterocycles. The van der Waals surface area contributed by atoms with E-state index >= 15 is 0 Å². The third-order valence-corrected chi connectivity index (χ3v) is 2.41. The molecule has 0 aliphatic carbocycles. The molecule has 0 bridgehead atoms. The second-order valence-corrected chi connectivity index (χ2v) is 3.87. The van der Waals surface area contributed by atoms with Crippen molar-refractivity contribution < 1.29 is 9.21 Å². The Labute approximate surface area is 95.2 Å². The van der Waals surface area contributed by atoms with Gasteiger partial charge in [0.1, 0.15) is 19.2 Å². The van der Waals surface area contributed by atoms with Crippen LogP contribution in [0.1, 0.15) is 25.6 Å². The van der Waals surface area contributed by atoms with Crippen molar-refractivity contribution in [2.75, 3.05) is 0 Å². The Hall–Kier alpha value is -1.71. The largest absolute Gasteiger partial charge is 0.459 e. The van der Waals surface area contributed by atoms with Crippen molar-refractivity contribution in [3.63, 3.8) is 0 Å². The summed E-state index contributed by atoms with van der Waals surface area (Å²) in [6, 6.07) is 7.23. The summed E-state index contributed by atoms with van der Waals surface area (Å²) >= 11 is 0. The number of rotatable bonds is 2. The molecule has 0 aliphatic heterocycles. The van der Waals surface area contributed by atoms with Gasteiger partial charge >= 0.3 is 0 Å². The summed E-state index contributed by atoms with van der Waals surface area (Å²) in [5.41, 5.74) is 1.48. The van der Waals surface area contributed by atoms with Crippen molar-refractivity contribution in [2.24, 2.45) is 0 Å². The van der Waals surface area contributed by atoms with E-state index in [9.17, 15) is 4.79 Å². The molecular weight excluding hydrogens is 201 g/mol. The first-order valence-electron chi connectivity index (χ1n) is 5.12. The lowest BCUT2D eigenvalue weighted by molar-refractivity contribution is -0.119. The van der Waals surface area contributed by atoms with Crippen LogP contribution in [0.2, 0.25) is 0 Å². The molecule has 1 N–H and O–H groups in total. The molecule has 2 radical (unpaired) electrons. The zero-order valence-corrected chi connectivity index (χ0v) is 9.28. The Morgan fingerprint density at radius 2 is 2.19 bits per heavy atom. The Balaban J connectivity index is 2.35. The maximum atomic E-state index is 10.9. The maximum absolute atomic E-state index is 10.9. The van der Waals surface area contributed by atoms with Gasteiger partial charge in [0, 0.05) is 12.3 Å². The minimum atomic E-state index is -0.133. The van der Waals surface area contributed by atoms with Gasteiger partial charge in [-0.15, -0.1) is 0 Å². The van der Waals surface area contributed by atoms with Crippen LogP contribution in [0, 0.1) is 0 Å². The number of hydrogen-bond donors (Lipinski definition) is 1. The van der Waals surface area contributed by atoms with Crippen molar-refractivity contribution in [3.05, 3.63) is 30.0 Å². The van der Waals surface area contributed by atoms with Crippen molar-refractivity contribution >= 4 is 30.2 Å². The molecule has 4 heteroatoms. The van der Waals surface area contributed by atoms with Crippen LogP contribution in [0.4, 0.5) is 0 Å². The van der Waals surface area contributed by atoms with Gasteiger partial charge in [0.25, 0.3) is 0 Å². The lowest BCUT2D eigenvalue weighted by Gasteiger charge is -2.08. The van der Waals surface area contributed by atoms with Gasteiger partial charge in [0.05, 0.1) is 6.04 Å². The van der Waals surface area contributed by atoms with E-state index in [0.717, 1.165) is 16.7 Å². The van der Waals surface area contributed by atoms with Crippen LogP contribution < -0.4 is 10.8 Å². The van der Waals surface area contributed by atoms with Gasteiger partial charge in [-0.2, -0.15) is 0 Å². The molecule has 0 spiro atoms. The minimum absolute atomic E-state index is 0.0764.